The van der Waals surface area contributed by atoms with Gasteiger partial charge in [0, 0.05) is 12.3 Å². The van der Waals surface area contributed by atoms with Crippen LogP contribution in [-0.4, -0.2) is 16.8 Å². The van der Waals surface area contributed by atoms with Gasteiger partial charge in [-0.1, -0.05) is 65.8 Å². The van der Waals surface area contributed by atoms with Crippen LogP contribution in [0.1, 0.15) is 29.5 Å². The van der Waals surface area contributed by atoms with E-state index in [4.69, 9.17) is 0 Å². The fraction of sp³-hybridized carbons (Fsp3) is 0.176. The molecule has 2 unspecified atom stereocenters. The molecule has 1 fully saturated rings. The van der Waals surface area contributed by atoms with Gasteiger partial charge in [0.1, 0.15) is 0 Å². The lowest BCUT2D eigenvalue weighted by atomic mass is 9.82. The Labute approximate surface area is 123 Å². The lowest BCUT2D eigenvalue weighted by Gasteiger charge is -2.31. The van der Waals surface area contributed by atoms with Crippen LogP contribution >= 0.6 is 0 Å². The van der Waals surface area contributed by atoms with E-state index in [0.29, 0.717) is 12.1 Å². The SMILES string of the molecule is O=C1CC(c2ccccc2)/C(=N\O)C(c2ccccc2)N1. The van der Waals surface area contributed by atoms with E-state index in [-0.39, 0.29) is 17.9 Å². The van der Waals surface area contributed by atoms with Crippen molar-refractivity contribution in [3.05, 3.63) is 71.8 Å². The summed E-state index contributed by atoms with van der Waals surface area (Å²) in [5.74, 6) is -0.236. The van der Waals surface area contributed by atoms with E-state index >= 15 is 0 Å². The van der Waals surface area contributed by atoms with Gasteiger partial charge in [0.2, 0.25) is 5.91 Å². The average Bonchev–Trinajstić information content (AvgIpc) is 2.55. The van der Waals surface area contributed by atoms with Crippen LogP contribution in [0.4, 0.5) is 0 Å². The number of amides is 1. The topological polar surface area (TPSA) is 61.7 Å². The molecule has 4 heteroatoms. The molecule has 21 heavy (non-hydrogen) atoms. The van der Waals surface area contributed by atoms with E-state index in [9.17, 15) is 10.0 Å². The summed E-state index contributed by atoms with van der Waals surface area (Å²) in [6.45, 7) is 0. The molecule has 0 bridgehead atoms. The third kappa shape index (κ3) is 2.65. The molecule has 3 rings (SSSR count). The lowest BCUT2D eigenvalue weighted by molar-refractivity contribution is -0.122. The molecule has 106 valence electrons. The van der Waals surface area contributed by atoms with Gasteiger partial charge in [-0.2, -0.15) is 0 Å². The Hall–Kier alpha value is -2.62. The fourth-order valence-electron chi connectivity index (χ4n) is 2.79. The van der Waals surface area contributed by atoms with Crippen molar-refractivity contribution in [1.82, 2.24) is 5.32 Å². The lowest BCUT2D eigenvalue weighted by Crippen LogP contribution is -2.43. The molecular weight excluding hydrogens is 264 g/mol. The van der Waals surface area contributed by atoms with Gasteiger partial charge in [-0.3, -0.25) is 4.79 Å². The summed E-state index contributed by atoms with van der Waals surface area (Å²) in [7, 11) is 0. The summed E-state index contributed by atoms with van der Waals surface area (Å²) in [5.41, 5.74) is 2.48. The number of carbonyl (C=O) groups excluding carboxylic acids is 1. The molecule has 0 spiro atoms. The molecule has 2 aromatic rings. The van der Waals surface area contributed by atoms with Crippen LogP contribution in [0, 0.1) is 0 Å². The zero-order valence-electron chi connectivity index (χ0n) is 11.4. The van der Waals surface area contributed by atoms with Crippen molar-refractivity contribution in [2.24, 2.45) is 5.16 Å². The molecular formula is C17H16N2O2. The third-order valence-corrected chi connectivity index (χ3v) is 3.80. The second kappa shape index (κ2) is 5.79. The molecule has 1 aliphatic heterocycles. The Morgan fingerprint density at radius 1 is 0.952 bits per heavy atom. The van der Waals surface area contributed by atoms with Gasteiger partial charge in [0.25, 0.3) is 0 Å². The number of carbonyl (C=O) groups is 1. The van der Waals surface area contributed by atoms with Crippen LogP contribution in [0.25, 0.3) is 0 Å². The minimum atomic E-state index is -0.386. The van der Waals surface area contributed by atoms with Gasteiger partial charge in [0.05, 0.1) is 11.8 Å². The smallest absolute Gasteiger partial charge is 0.221 e. The van der Waals surface area contributed by atoms with Crippen LogP contribution < -0.4 is 5.32 Å². The maximum Gasteiger partial charge on any atom is 0.221 e. The van der Waals surface area contributed by atoms with Gasteiger partial charge in [-0.15, -0.1) is 0 Å². The van der Waals surface area contributed by atoms with Crippen molar-refractivity contribution in [2.45, 2.75) is 18.4 Å². The Bertz CT molecular complexity index is 600. The number of hydrogen-bond acceptors (Lipinski definition) is 3. The molecule has 4 nitrogen and oxygen atoms in total. The standard InChI is InChI=1S/C17H16N2O2/c20-15-11-14(12-7-3-1-4-8-12)17(19-21)16(18-15)13-9-5-2-6-10-13/h1-10,14,16,21H,11H2,(H,18,20)/b19-17+. The molecule has 1 saturated heterocycles. The highest BCUT2D eigenvalue weighted by Gasteiger charge is 2.35. The maximum absolute atomic E-state index is 12.0. The number of nitrogens with zero attached hydrogens (tertiary/aromatic N) is 1. The van der Waals surface area contributed by atoms with Gasteiger partial charge in [-0.25, -0.2) is 0 Å². The summed E-state index contributed by atoms with van der Waals surface area (Å²) < 4.78 is 0. The minimum absolute atomic E-state index is 0.0369. The van der Waals surface area contributed by atoms with Crippen LogP contribution in [0.15, 0.2) is 65.8 Å². The Morgan fingerprint density at radius 2 is 1.52 bits per heavy atom. The summed E-state index contributed by atoms with van der Waals surface area (Å²) in [4.78, 5) is 12.0. The third-order valence-electron chi connectivity index (χ3n) is 3.80. The number of hydrogen-bond donors (Lipinski definition) is 2. The first-order valence-electron chi connectivity index (χ1n) is 6.90. The zero-order chi connectivity index (χ0) is 14.7. The van der Waals surface area contributed by atoms with Gasteiger partial charge in [0.15, 0.2) is 0 Å². The van der Waals surface area contributed by atoms with E-state index in [1.54, 1.807) is 0 Å². The first-order chi connectivity index (χ1) is 10.3. The first-order valence-corrected chi connectivity index (χ1v) is 6.90. The minimum Gasteiger partial charge on any atom is -0.411 e. The molecule has 0 saturated carbocycles. The first kappa shape index (κ1) is 13.4. The molecule has 1 amide bonds. The highest BCUT2D eigenvalue weighted by atomic mass is 16.4. The van der Waals surface area contributed by atoms with Crippen LogP contribution in [0.3, 0.4) is 0 Å². The monoisotopic (exact) mass is 280 g/mol. The van der Waals surface area contributed by atoms with Gasteiger partial charge < -0.3 is 10.5 Å². The molecule has 2 atom stereocenters. The van der Waals surface area contributed by atoms with E-state index in [0.717, 1.165) is 11.1 Å². The molecule has 0 aliphatic carbocycles. The summed E-state index contributed by atoms with van der Waals surface area (Å²) in [6.07, 6.45) is 0.298. The van der Waals surface area contributed by atoms with E-state index in [1.165, 1.54) is 0 Å². The summed E-state index contributed by atoms with van der Waals surface area (Å²) in [5, 5.41) is 15.9. The summed E-state index contributed by atoms with van der Waals surface area (Å²) in [6, 6.07) is 18.9. The number of oxime groups is 1. The average molecular weight is 280 g/mol. The molecule has 1 heterocycles. The van der Waals surface area contributed by atoms with Crippen molar-refractivity contribution in [2.75, 3.05) is 0 Å². The summed E-state index contributed by atoms with van der Waals surface area (Å²) >= 11 is 0. The van der Waals surface area contributed by atoms with Crippen molar-refractivity contribution in [3.8, 4) is 0 Å². The van der Waals surface area contributed by atoms with Gasteiger partial charge >= 0.3 is 0 Å². The van der Waals surface area contributed by atoms with Crippen LogP contribution in [-0.2, 0) is 4.79 Å². The Kier molecular flexibility index (Phi) is 3.69. The maximum atomic E-state index is 12.0. The number of rotatable bonds is 2. The van der Waals surface area contributed by atoms with Gasteiger partial charge in [-0.05, 0) is 11.1 Å². The van der Waals surface area contributed by atoms with Crippen molar-refractivity contribution < 1.29 is 10.0 Å². The highest BCUT2D eigenvalue weighted by Crippen LogP contribution is 2.32. The van der Waals surface area contributed by atoms with Crippen LogP contribution in [0.5, 0.6) is 0 Å². The molecule has 0 radical (unpaired) electrons. The van der Waals surface area contributed by atoms with E-state index in [1.807, 2.05) is 60.7 Å². The Balaban J connectivity index is 2.01. The number of benzene rings is 2. The number of piperidine rings is 1. The number of nitrogens with one attached hydrogen (secondary N) is 1. The van der Waals surface area contributed by atoms with E-state index < -0.39 is 0 Å². The predicted octanol–water partition coefficient (Wildman–Crippen LogP) is 2.86. The predicted molar refractivity (Wildman–Crippen MR) is 80.3 cm³/mol. The Morgan fingerprint density at radius 3 is 2.10 bits per heavy atom. The largest absolute Gasteiger partial charge is 0.411 e. The van der Waals surface area contributed by atoms with Crippen LogP contribution in [0.2, 0.25) is 0 Å². The highest BCUT2D eigenvalue weighted by molar-refractivity contribution is 6.03. The molecule has 2 aromatic carbocycles. The second-order valence-electron chi connectivity index (χ2n) is 5.10. The van der Waals surface area contributed by atoms with Crippen molar-refractivity contribution >= 4 is 11.6 Å². The van der Waals surface area contributed by atoms with Crippen molar-refractivity contribution in [3.63, 3.8) is 0 Å². The second-order valence-corrected chi connectivity index (χ2v) is 5.10. The normalized spacial score (nSPS) is 23.8. The van der Waals surface area contributed by atoms with E-state index in [2.05, 4.69) is 10.5 Å². The molecule has 1 aliphatic rings. The molecule has 0 aromatic heterocycles. The fourth-order valence-corrected chi connectivity index (χ4v) is 2.79. The zero-order valence-corrected chi connectivity index (χ0v) is 11.4. The van der Waals surface area contributed by atoms with Crippen molar-refractivity contribution in [1.29, 1.82) is 0 Å². The quantitative estimate of drug-likeness (QED) is 0.656. The molecule has 2 N–H and O–H groups in total.